The normalized spacial score (nSPS) is 9.95. The molecule has 0 bridgehead atoms. The number of aromatic nitrogens is 2. The number of hydrogen-bond donors (Lipinski definition) is 2. The van der Waals surface area contributed by atoms with Gasteiger partial charge in [0, 0.05) is 17.8 Å². The van der Waals surface area contributed by atoms with Crippen molar-refractivity contribution in [3.05, 3.63) is 36.5 Å². The summed E-state index contributed by atoms with van der Waals surface area (Å²) in [4.78, 5) is 30.4. The summed E-state index contributed by atoms with van der Waals surface area (Å²) in [6.07, 6.45) is -1.82. The molecular weight excluding hydrogens is 278 g/mol. The lowest BCUT2D eigenvalue weighted by Crippen LogP contribution is -2.35. The molecule has 0 aliphatic rings. The number of carbonyl (C=O) groups is 2. The molecule has 108 valence electrons. The summed E-state index contributed by atoms with van der Waals surface area (Å²) in [5.41, 5.74) is 0.663. The van der Waals surface area contributed by atoms with Gasteiger partial charge in [0.2, 0.25) is 5.88 Å². The van der Waals surface area contributed by atoms with Crippen LogP contribution in [-0.2, 0) is 0 Å². The van der Waals surface area contributed by atoms with Crippen molar-refractivity contribution in [1.29, 1.82) is 0 Å². The molecule has 8 heteroatoms. The molecule has 0 unspecified atom stereocenters. The van der Waals surface area contributed by atoms with Crippen molar-refractivity contribution in [2.75, 3.05) is 12.0 Å². The molecule has 8 nitrogen and oxygen atoms in total. The summed E-state index contributed by atoms with van der Waals surface area (Å²) in [6.45, 7) is 0. The molecule has 2 amide bonds. The second-order valence-corrected chi connectivity index (χ2v) is 3.84. The van der Waals surface area contributed by atoms with Crippen LogP contribution in [0, 0.1) is 0 Å². The Labute approximate surface area is 119 Å². The van der Waals surface area contributed by atoms with Crippen molar-refractivity contribution in [2.45, 2.75) is 0 Å². The van der Waals surface area contributed by atoms with Gasteiger partial charge in [-0.2, -0.15) is 9.88 Å². The van der Waals surface area contributed by atoms with Crippen molar-refractivity contribution in [3.8, 4) is 17.1 Å². The highest BCUT2D eigenvalue weighted by Crippen LogP contribution is 2.30. The molecule has 2 N–H and O–H groups in total. The third-order valence-electron chi connectivity index (χ3n) is 2.59. The van der Waals surface area contributed by atoms with E-state index in [4.69, 9.17) is 14.9 Å². The van der Waals surface area contributed by atoms with Crippen LogP contribution in [0.5, 0.6) is 5.88 Å². The Morgan fingerprint density at radius 3 is 2.38 bits per heavy atom. The first-order valence-electron chi connectivity index (χ1n) is 5.77. The number of imide groups is 1. The summed E-state index contributed by atoms with van der Waals surface area (Å²) in [6, 6.07) is 8.00. The summed E-state index contributed by atoms with van der Waals surface area (Å²) in [5.74, 6) is -0.190. The van der Waals surface area contributed by atoms with E-state index in [1.165, 1.54) is 25.4 Å². The van der Waals surface area contributed by atoms with Crippen LogP contribution in [-0.4, -0.2) is 39.5 Å². The quantitative estimate of drug-likeness (QED) is 0.891. The molecule has 0 aliphatic carbocycles. The van der Waals surface area contributed by atoms with Gasteiger partial charge >= 0.3 is 12.2 Å². The number of methoxy groups -OCH3 is 1. The van der Waals surface area contributed by atoms with Gasteiger partial charge in [-0.3, -0.25) is 4.98 Å². The number of rotatable bonds is 3. The van der Waals surface area contributed by atoms with Crippen LogP contribution in [0.2, 0.25) is 0 Å². The predicted octanol–water partition coefficient (Wildman–Crippen LogP) is 2.31. The Kier molecular flexibility index (Phi) is 3.98. The number of ether oxygens (including phenoxy) is 1. The standard InChI is InChI=1S/C13H11N3O5/c1-21-10-6-5-8(9-4-2-3-7-14-9)11(15-10)16(12(17)18)13(19)20/h2-7H,1H3,(H,17,18)(H,19,20). The molecule has 21 heavy (non-hydrogen) atoms. The van der Waals surface area contributed by atoms with Gasteiger partial charge in [-0.05, 0) is 18.2 Å². The Morgan fingerprint density at radius 1 is 1.14 bits per heavy atom. The SMILES string of the molecule is COc1ccc(-c2ccccn2)c(N(C(=O)O)C(=O)O)n1. The lowest BCUT2D eigenvalue weighted by Gasteiger charge is -2.16. The number of pyridine rings is 2. The zero-order chi connectivity index (χ0) is 15.4. The van der Waals surface area contributed by atoms with Gasteiger partial charge in [0.1, 0.15) is 0 Å². The monoisotopic (exact) mass is 289 g/mol. The summed E-state index contributed by atoms with van der Waals surface area (Å²) in [7, 11) is 1.35. The van der Waals surface area contributed by atoms with E-state index in [2.05, 4.69) is 9.97 Å². The van der Waals surface area contributed by atoms with Crippen molar-refractivity contribution in [1.82, 2.24) is 9.97 Å². The van der Waals surface area contributed by atoms with Crippen molar-refractivity contribution in [2.24, 2.45) is 0 Å². The molecular formula is C13H11N3O5. The van der Waals surface area contributed by atoms with Gasteiger partial charge in [0.05, 0.1) is 12.8 Å². The average molecular weight is 289 g/mol. The molecule has 0 radical (unpaired) electrons. The topological polar surface area (TPSA) is 113 Å². The van der Waals surface area contributed by atoms with Gasteiger partial charge in [0.15, 0.2) is 5.82 Å². The number of hydrogen-bond acceptors (Lipinski definition) is 5. The van der Waals surface area contributed by atoms with E-state index >= 15 is 0 Å². The molecule has 2 aromatic rings. The molecule has 0 spiro atoms. The Hall–Kier alpha value is -3.16. The van der Waals surface area contributed by atoms with E-state index in [0.717, 1.165) is 0 Å². The summed E-state index contributed by atoms with van der Waals surface area (Å²) in [5, 5.41) is 18.2. The molecule has 0 saturated carbocycles. The molecule has 2 aromatic heterocycles. The van der Waals surface area contributed by atoms with Crippen LogP contribution in [0.25, 0.3) is 11.3 Å². The third-order valence-corrected chi connectivity index (χ3v) is 2.59. The fourth-order valence-electron chi connectivity index (χ4n) is 1.70. The molecule has 2 heterocycles. The van der Waals surface area contributed by atoms with Crippen LogP contribution in [0.3, 0.4) is 0 Å². The van der Waals surface area contributed by atoms with E-state index in [1.54, 1.807) is 18.2 Å². The van der Waals surface area contributed by atoms with Crippen molar-refractivity contribution >= 4 is 18.0 Å². The molecule has 2 rings (SSSR count). The second-order valence-electron chi connectivity index (χ2n) is 3.84. The summed E-state index contributed by atoms with van der Waals surface area (Å²) < 4.78 is 4.91. The maximum Gasteiger partial charge on any atom is 0.422 e. The van der Waals surface area contributed by atoms with Crippen molar-refractivity contribution in [3.63, 3.8) is 0 Å². The zero-order valence-electron chi connectivity index (χ0n) is 10.9. The predicted molar refractivity (Wildman–Crippen MR) is 72.5 cm³/mol. The van der Waals surface area contributed by atoms with Gasteiger partial charge in [-0.15, -0.1) is 0 Å². The maximum atomic E-state index is 11.2. The number of amides is 2. The highest BCUT2D eigenvalue weighted by atomic mass is 16.5. The van der Waals surface area contributed by atoms with Gasteiger partial charge in [-0.25, -0.2) is 9.59 Å². The number of anilines is 1. The van der Waals surface area contributed by atoms with E-state index in [-0.39, 0.29) is 22.2 Å². The smallest absolute Gasteiger partial charge is 0.422 e. The first-order valence-corrected chi connectivity index (χ1v) is 5.77. The lowest BCUT2D eigenvalue weighted by molar-refractivity contribution is 0.184. The average Bonchev–Trinajstić information content (AvgIpc) is 2.47. The van der Waals surface area contributed by atoms with Gasteiger partial charge in [-0.1, -0.05) is 6.07 Å². The Morgan fingerprint density at radius 2 is 1.86 bits per heavy atom. The molecule has 0 fully saturated rings. The van der Waals surface area contributed by atoms with Crippen LogP contribution < -0.4 is 9.64 Å². The molecule has 0 atom stereocenters. The van der Waals surface area contributed by atoms with E-state index in [0.29, 0.717) is 5.69 Å². The van der Waals surface area contributed by atoms with E-state index in [1.807, 2.05) is 0 Å². The number of nitrogens with zero attached hydrogens (tertiary/aromatic N) is 3. The van der Waals surface area contributed by atoms with E-state index < -0.39 is 12.2 Å². The minimum atomic E-state index is -1.67. The fourth-order valence-corrected chi connectivity index (χ4v) is 1.70. The fraction of sp³-hybridized carbons (Fsp3) is 0.0769. The second kappa shape index (κ2) is 5.87. The maximum absolute atomic E-state index is 11.2. The Balaban J connectivity index is 2.66. The van der Waals surface area contributed by atoms with Gasteiger partial charge in [0.25, 0.3) is 0 Å². The lowest BCUT2D eigenvalue weighted by atomic mass is 10.1. The molecule has 0 aromatic carbocycles. The van der Waals surface area contributed by atoms with E-state index in [9.17, 15) is 9.59 Å². The zero-order valence-corrected chi connectivity index (χ0v) is 10.9. The minimum absolute atomic E-state index is 0.0946. The minimum Gasteiger partial charge on any atom is -0.481 e. The third kappa shape index (κ3) is 2.89. The largest absolute Gasteiger partial charge is 0.481 e. The van der Waals surface area contributed by atoms with Gasteiger partial charge < -0.3 is 14.9 Å². The van der Waals surface area contributed by atoms with Crippen LogP contribution in [0.4, 0.5) is 15.4 Å². The Bertz CT molecular complexity index is 661. The first kappa shape index (κ1) is 14.3. The van der Waals surface area contributed by atoms with Crippen LogP contribution in [0.15, 0.2) is 36.5 Å². The summed E-state index contributed by atoms with van der Waals surface area (Å²) >= 11 is 0. The highest BCUT2D eigenvalue weighted by Gasteiger charge is 2.27. The highest BCUT2D eigenvalue weighted by molar-refractivity contribution is 6.09. The van der Waals surface area contributed by atoms with Crippen molar-refractivity contribution < 1.29 is 24.5 Å². The van der Waals surface area contributed by atoms with Crippen LogP contribution in [0.1, 0.15) is 0 Å². The molecule has 0 aliphatic heterocycles. The first-order chi connectivity index (χ1) is 10.0. The number of carboxylic acid groups (broad SMARTS) is 2. The molecule has 0 saturated heterocycles. The van der Waals surface area contributed by atoms with Crippen LogP contribution >= 0.6 is 0 Å².